The molecule has 0 saturated heterocycles. The Hall–Kier alpha value is -3.74. The minimum absolute atomic E-state index is 0.0295. The van der Waals surface area contributed by atoms with Gasteiger partial charge >= 0.3 is 0 Å². The molecule has 2 aromatic carbocycles. The van der Waals surface area contributed by atoms with E-state index in [0.29, 0.717) is 17.9 Å². The van der Waals surface area contributed by atoms with E-state index in [1.807, 2.05) is 0 Å². The number of halogens is 1. The van der Waals surface area contributed by atoms with Gasteiger partial charge in [0.25, 0.3) is 5.91 Å². The van der Waals surface area contributed by atoms with E-state index >= 15 is 0 Å². The zero-order valence-electron chi connectivity index (χ0n) is 17.4. The zero-order valence-corrected chi connectivity index (χ0v) is 17.4. The highest BCUT2D eigenvalue weighted by atomic mass is 19.1. The summed E-state index contributed by atoms with van der Waals surface area (Å²) in [7, 11) is 0. The van der Waals surface area contributed by atoms with Gasteiger partial charge in [-0.2, -0.15) is 0 Å². The molecule has 0 atom stereocenters. The van der Waals surface area contributed by atoms with E-state index in [1.54, 1.807) is 55.5 Å². The van der Waals surface area contributed by atoms with Gasteiger partial charge in [0, 0.05) is 24.2 Å². The van der Waals surface area contributed by atoms with Gasteiger partial charge in [-0.3, -0.25) is 14.4 Å². The average molecular weight is 422 g/mol. The second-order valence-corrected chi connectivity index (χ2v) is 7.02. The van der Waals surface area contributed by atoms with Gasteiger partial charge in [-0.05, 0) is 43.7 Å². The topological polar surface area (TPSA) is 79.6 Å². The number of rotatable bonds is 8. The third kappa shape index (κ3) is 5.66. The lowest BCUT2D eigenvalue weighted by atomic mass is 10.1. The van der Waals surface area contributed by atoms with E-state index in [1.165, 1.54) is 24.0 Å². The van der Waals surface area contributed by atoms with Gasteiger partial charge in [0.15, 0.2) is 11.5 Å². The van der Waals surface area contributed by atoms with E-state index in [0.717, 1.165) is 11.1 Å². The van der Waals surface area contributed by atoms with Crippen LogP contribution in [0.2, 0.25) is 0 Å². The molecule has 0 fully saturated rings. The summed E-state index contributed by atoms with van der Waals surface area (Å²) < 4.78 is 18.7. The smallest absolute Gasteiger partial charge is 0.290 e. The highest BCUT2D eigenvalue weighted by molar-refractivity contribution is 5.95. The third-order valence-electron chi connectivity index (χ3n) is 4.80. The molecule has 3 rings (SSSR count). The first-order valence-corrected chi connectivity index (χ1v) is 9.89. The molecule has 160 valence electrons. The summed E-state index contributed by atoms with van der Waals surface area (Å²) in [6, 6.07) is 16.0. The van der Waals surface area contributed by atoms with Crippen LogP contribution in [0, 0.1) is 5.82 Å². The number of amides is 2. The monoisotopic (exact) mass is 422 g/mol. The summed E-state index contributed by atoms with van der Waals surface area (Å²) in [6.45, 7) is 3.71. The van der Waals surface area contributed by atoms with Crippen LogP contribution in [0.5, 0.6) is 0 Å². The average Bonchev–Trinajstić information content (AvgIpc) is 3.27. The largest absolute Gasteiger partial charge is 0.451 e. The van der Waals surface area contributed by atoms with Crippen molar-refractivity contribution in [1.29, 1.82) is 0 Å². The van der Waals surface area contributed by atoms with Gasteiger partial charge < -0.3 is 14.6 Å². The van der Waals surface area contributed by atoms with Crippen molar-refractivity contribution in [2.24, 2.45) is 0 Å². The van der Waals surface area contributed by atoms with E-state index in [2.05, 4.69) is 5.32 Å². The quantitative estimate of drug-likeness (QED) is 0.555. The number of carbonyl (C=O) groups excluding carboxylic acids is 3. The number of nitrogens with one attached hydrogen (secondary N) is 1. The summed E-state index contributed by atoms with van der Waals surface area (Å²) in [6.07, 6.45) is 0. The van der Waals surface area contributed by atoms with E-state index in [9.17, 15) is 18.8 Å². The number of nitrogens with zero attached hydrogens (tertiary/aromatic N) is 1. The third-order valence-corrected chi connectivity index (χ3v) is 4.80. The predicted octanol–water partition coefficient (Wildman–Crippen LogP) is 4.07. The molecule has 0 unspecified atom stereocenters. The van der Waals surface area contributed by atoms with Crippen molar-refractivity contribution < 1.29 is 23.2 Å². The van der Waals surface area contributed by atoms with E-state index in [4.69, 9.17) is 4.42 Å². The molecular formula is C24H23FN2O4. The normalized spacial score (nSPS) is 10.5. The highest BCUT2D eigenvalue weighted by Crippen LogP contribution is 2.23. The summed E-state index contributed by atoms with van der Waals surface area (Å²) >= 11 is 0. The molecule has 6 nitrogen and oxygen atoms in total. The maximum absolute atomic E-state index is 13.0. The number of likely N-dealkylation sites (N-methyl/N-ethyl adjacent to an activating group) is 1. The minimum atomic E-state index is -0.397. The maximum Gasteiger partial charge on any atom is 0.290 e. The van der Waals surface area contributed by atoms with Gasteiger partial charge in [-0.25, -0.2) is 4.39 Å². The van der Waals surface area contributed by atoms with Gasteiger partial charge in [0.2, 0.25) is 5.91 Å². The molecule has 0 saturated carbocycles. The Balaban J connectivity index is 1.61. The summed E-state index contributed by atoms with van der Waals surface area (Å²) in [4.78, 5) is 37.8. The van der Waals surface area contributed by atoms with Crippen LogP contribution in [-0.2, 0) is 11.3 Å². The lowest BCUT2D eigenvalue weighted by Gasteiger charge is -2.19. The summed E-state index contributed by atoms with van der Waals surface area (Å²) in [5, 5.41) is 2.72. The molecule has 0 radical (unpaired) electrons. The fraction of sp³-hybridized carbons (Fsp3) is 0.208. The van der Waals surface area contributed by atoms with E-state index in [-0.39, 0.29) is 36.4 Å². The SMILES string of the molecule is CCN(CC(=O)NCc1ccc(F)cc1)C(=O)c1ccc(-c2ccc(C(C)=O)cc2)o1. The van der Waals surface area contributed by atoms with Crippen molar-refractivity contribution in [1.82, 2.24) is 10.2 Å². The van der Waals surface area contributed by atoms with Crippen LogP contribution in [0.15, 0.2) is 65.1 Å². The van der Waals surface area contributed by atoms with Gasteiger partial charge in [-0.15, -0.1) is 0 Å². The summed E-state index contributed by atoms with van der Waals surface area (Å²) in [5.41, 5.74) is 2.09. The number of carbonyl (C=O) groups is 3. The van der Waals surface area contributed by atoms with Gasteiger partial charge in [0.1, 0.15) is 11.6 Å². The van der Waals surface area contributed by atoms with Crippen LogP contribution >= 0.6 is 0 Å². The zero-order chi connectivity index (χ0) is 22.4. The number of hydrogen-bond acceptors (Lipinski definition) is 4. The first-order chi connectivity index (χ1) is 14.9. The Kier molecular flexibility index (Phi) is 6.97. The second kappa shape index (κ2) is 9.84. The molecule has 3 aromatic rings. The molecule has 0 aliphatic heterocycles. The molecule has 0 aliphatic carbocycles. The minimum Gasteiger partial charge on any atom is -0.451 e. The number of Topliss-reactive ketones (excluding diaryl/α,β-unsaturated/α-hetero) is 1. The summed E-state index contributed by atoms with van der Waals surface area (Å²) in [5.74, 6) is -0.477. The maximum atomic E-state index is 13.0. The van der Waals surface area contributed by atoms with Crippen LogP contribution in [-0.4, -0.2) is 35.6 Å². The van der Waals surface area contributed by atoms with Gasteiger partial charge in [-0.1, -0.05) is 36.4 Å². The molecule has 0 bridgehead atoms. The predicted molar refractivity (Wildman–Crippen MR) is 114 cm³/mol. The van der Waals surface area contributed by atoms with Crippen molar-refractivity contribution in [3.63, 3.8) is 0 Å². The molecule has 0 spiro atoms. The Labute approximate surface area is 179 Å². The number of hydrogen-bond donors (Lipinski definition) is 1. The van der Waals surface area contributed by atoms with Crippen LogP contribution in [0.4, 0.5) is 4.39 Å². The van der Waals surface area contributed by atoms with Crippen LogP contribution in [0.25, 0.3) is 11.3 Å². The molecule has 1 N–H and O–H groups in total. The van der Waals surface area contributed by atoms with Crippen LogP contribution in [0.3, 0.4) is 0 Å². The second-order valence-electron chi connectivity index (χ2n) is 7.02. The van der Waals surface area contributed by atoms with Crippen LogP contribution < -0.4 is 5.32 Å². The molecule has 7 heteroatoms. The lowest BCUT2D eigenvalue weighted by molar-refractivity contribution is -0.121. The fourth-order valence-electron chi connectivity index (χ4n) is 2.99. The molecule has 1 aromatic heterocycles. The van der Waals surface area contributed by atoms with Crippen molar-refractivity contribution >= 4 is 17.6 Å². The van der Waals surface area contributed by atoms with Crippen molar-refractivity contribution in [3.05, 3.63) is 83.4 Å². The standard InChI is InChI=1S/C24H23FN2O4/c1-3-27(15-23(29)26-14-17-4-10-20(25)11-5-17)24(30)22-13-12-21(31-22)19-8-6-18(7-9-19)16(2)28/h4-13H,3,14-15H2,1-2H3,(H,26,29). The molecule has 2 amide bonds. The van der Waals surface area contributed by atoms with Gasteiger partial charge in [0.05, 0.1) is 6.54 Å². The van der Waals surface area contributed by atoms with Crippen molar-refractivity contribution in [2.75, 3.05) is 13.1 Å². The molecule has 31 heavy (non-hydrogen) atoms. The lowest BCUT2D eigenvalue weighted by Crippen LogP contribution is -2.40. The Morgan fingerprint density at radius 2 is 1.65 bits per heavy atom. The number of benzene rings is 2. The Bertz CT molecular complexity index is 1070. The number of furan rings is 1. The van der Waals surface area contributed by atoms with E-state index < -0.39 is 5.91 Å². The Morgan fingerprint density at radius 3 is 2.26 bits per heavy atom. The number of ketones is 1. The molecule has 1 heterocycles. The van der Waals surface area contributed by atoms with Crippen molar-refractivity contribution in [2.45, 2.75) is 20.4 Å². The van der Waals surface area contributed by atoms with Crippen LogP contribution in [0.1, 0.15) is 40.3 Å². The first-order valence-electron chi connectivity index (χ1n) is 9.89. The Morgan fingerprint density at radius 1 is 0.968 bits per heavy atom. The first kappa shape index (κ1) is 22.0. The highest BCUT2D eigenvalue weighted by Gasteiger charge is 2.21. The molecule has 0 aliphatic rings. The van der Waals surface area contributed by atoms with Crippen molar-refractivity contribution in [3.8, 4) is 11.3 Å². The fourth-order valence-corrected chi connectivity index (χ4v) is 2.99. The molecular weight excluding hydrogens is 399 g/mol.